The van der Waals surface area contributed by atoms with Crippen LogP contribution in [0.5, 0.6) is 11.5 Å². The van der Waals surface area contributed by atoms with Gasteiger partial charge in [-0.05, 0) is 63.1 Å². The third kappa shape index (κ3) is 10.4. The number of carboxylic acids is 1. The molecule has 0 bridgehead atoms. The van der Waals surface area contributed by atoms with Crippen LogP contribution in [0.2, 0.25) is 0 Å². The molecule has 38 heavy (non-hydrogen) atoms. The van der Waals surface area contributed by atoms with Gasteiger partial charge < -0.3 is 35.1 Å². The van der Waals surface area contributed by atoms with Crippen LogP contribution in [0.3, 0.4) is 0 Å². The van der Waals surface area contributed by atoms with Crippen molar-refractivity contribution in [2.45, 2.75) is 47.1 Å². The van der Waals surface area contributed by atoms with E-state index in [9.17, 15) is 9.59 Å². The lowest BCUT2D eigenvalue weighted by atomic mass is 9.99. The molecule has 0 aliphatic carbocycles. The van der Waals surface area contributed by atoms with Crippen molar-refractivity contribution in [3.63, 3.8) is 0 Å². The predicted molar refractivity (Wildman–Crippen MR) is 143 cm³/mol. The molecule has 0 fully saturated rings. The van der Waals surface area contributed by atoms with Gasteiger partial charge in [0.2, 0.25) is 0 Å². The Kier molecular flexibility index (Phi) is 13.8. The Hall–Kier alpha value is -4.28. The van der Waals surface area contributed by atoms with Crippen LogP contribution in [0.1, 0.15) is 57.4 Å². The second kappa shape index (κ2) is 16.5. The molecule has 0 aliphatic heterocycles. The smallest absolute Gasteiger partial charge is 0.344 e. The average Bonchev–Trinajstić information content (AvgIpc) is 2.86. The second-order valence-corrected chi connectivity index (χ2v) is 7.72. The van der Waals surface area contributed by atoms with Crippen molar-refractivity contribution in [2.24, 2.45) is 5.73 Å². The molecule has 2 aromatic carbocycles. The number of hydrogen-bond acceptors (Lipinski definition) is 9. The fourth-order valence-corrected chi connectivity index (χ4v) is 3.28. The molecule has 11 nitrogen and oxygen atoms in total. The summed E-state index contributed by atoms with van der Waals surface area (Å²) in [6.07, 6.45) is 0.656. The SMILES string of the molecule is CC(=O)O.CCOC(=O)COc1cc(OCC)c(CC)cc1C(Nc1ccc(C(=N)N)cc1)C(=O)OCC. The molecule has 2 rings (SSSR count). The summed E-state index contributed by atoms with van der Waals surface area (Å²) >= 11 is 0. The highest BCUT2D eigenvalue weighted by Gasteiger charge is 2.28. The number of anilines is 1. The zero-order valence-corrected chi connectivity index (χ0v) is 22.5. The third-order valence-electron chi connectivity index (χ3n) is 4.86. The largest absolute Gasteiger partial charge is 0.493 e. The van der Waals surface area contributed by atoms with E-state index in [2.05, 4.69) is 5.32 Å². The van der Waals surface area contributed by atoms with Crippen LogP contribution in [-0.2, 0) is 30.3 Å². The van der Waals surface area contributed by atoms with Crippen LogP contribution >= 0.6 is 0 Å². The number of nitrogen functional groups attached to an aromatic ring is 1. The van der Waals surface area contributed by atoms with Crippen molar-refractivity contribution < 1.29 is 38.4 Å². The topological polar surface area (TPSA) is 170 Å². The number of aliphatic carboxylic acids is 1. The molecule has 1 atom stereocenters. The minimum atomic E-state index is -0.929. The molecule has 5 N–H and O–H groups in total. The van der Waals surface area contributed by atoms with Gasteiger partial charge in [-0.2, -0.15) is 0 Å². The van der Waals surface area contributed by atoms with Crippen LogP contribution in [0.15, 0.2) is 36.4 Å². The normalized spacial score (nSPS) is 10.8. The first-order valence-electron chi connectivity index (χ1n) is 12.2. The summed E-state index contributed by atoms with van der Waals surface area (Å²) in [6.45, 7) is 8.93. The maximum Gasteiger partial charge on any atom is 0.344 e. The van der Waals surface area contributed by atoms with Crippen molar-refractivity contribution in [3.8, 4) is 11.5 Å². The Morgan fingerprint density at radius 3 is 2.05 bits per heavy atom. The number of esters is 2. The fourth-order valence-electron chi connectivity index (χ4n) is 3.28. The molecule has 0 heterocycles. The van der Waals surface area contributed by atoms with E-state index in [1.165, 1.54) is 0 Å². The standard InChI is InChI=1S/C25H33N3O6.C2H4O2/c1-5-16-13-19(21(14-20(16)31-6-2)34-15-22(29)32-7-3)23(25(30)33-8-4)28-18-11-9-17(10-12-18)24(26)27;1-2(3)4/h9-14,23,28H,5-8,15H2,1-4H3,(H3,26,27);1H3,(H,3,4). The third-order valence-corrected chi connectivity index (χ3v) is 4.86. The summed E-state index contributed by atoms with van der Waals surface area (Å²) in [6, 6.07) is 9.38. The van der Waals surface area contributed by atoms with Crippen molar-refractivity contribution >= 4 is 29.4 Å². The molecular weight excluding hydrogens is 494 g/mol. The lowest BCUT2D eigenvalue weighted by molar-refractivity contribution is -0.145. The number of ether oxygens (including phenoxy) is 4. The number of nitrogens with one attached hydrogen (secondary N) is 2. The number of hydrogen-bond donors (Lipinski definition) is 4. The molecule has 0 aromatic heterocycles. The van der Waals surface area contributed by atoms with E-state index in [4.69, 9.17) is 40.0 Å². The van der Waals surface area contributed by atoms with E-state index in [1.54, 1.807) is 44.2 Å². The summed E-state index contributed by atoms with van der Waals surface area (Å²) in [5, 5.41) is 18.2. The summed E-state index contributed by atoms with van der Waals surface area (Å²) in [4.78, 5) is 33.9. The van der Waals surface area contributed by atoms with Gasteiger partial charge in [0, 0.05) is 29.8 Å². The monoisotopic (exact) mass is 531 g/mol. The van der Waals surface area contributed by atoms with Gasteiger partial charge in [0.15, 0.2) is 12.6 Å². The number of aryl methyl sites for hydroxylation is 1. The minimum Gasteiger partial charge on any atom is -0.493 e. The van der Waals surface area contributed by atoms with Crippen LogP contribution < -0.4 is 20.5 Å². The first kappa shape index (κ1) is 31.7. The summed E-state index contributed by atoms with van der Waals surface area (Å²) < 4.78 is 21.8. The maximum atomic E-state index is 13.0. The van der Waals surface area contributed by atoms with Gasteiger partial charge in [0.05, 0.1) is 19.8 Å². The Bertz CT molecular complexity index is 1080. The van der Waals surface area contributed by atoms with Crippen LogP contribution in [0.4, 0.5) is 5.69 Å². The number of carboxylic acid groups (broad SMARTS) is 1. The Labute approximate surface area is 222 Å². The Morgan fingerprint density at radius 2 is 1.55 bits per heavy atom. The van der Waals surface area contributed by atoms with Gasteiger partial charge in [-0.15, -0.1) is 0 Å². The molecule has 0 aliphatic rings. The minimum absolute atomic E-state index is 0.0535. The van der Waals surface area contributed by atoms with E-state index in [0.717, 1.165) is 12.5 Å². The van der Waals surface area contributed by atoms with E-state index < -0.39 is 23.9 Å². The van der Waals surface area contributed by atoms with E-state index in [0.29, 0.717) is 41.3 Å². The molecular formula is C27H37N3O8. The lowest BCUT2D eigenvalue weighted by Gasteiger charge is -2.23. The average molecular weight is 532 g/mol. The van der Waals surface area contributed by atoms with Crippen LogP contribution in [-0.4, -0.2) is 55.3 Å². The maximum absolute atomic E-state index is 13.0. The molecule has 1 unspecified atom stereocenters. The molecule has 2 aromatic rings. The number of amidine groups is 1. The Balaban J connectivity index is 0.00000168. The van der Waals surface area contributed by atoms with Crippen LogP contribution in [0.25, 0.3) is 0 Å². The number of carbonyl (C=O) groups is 3. The summed E-state index contributed by atoms with van der Waals surface area (Å²) in [5.74, 6) is -1.00. The molecule has 11 heteroatoms. The first-order valence-corrected chi connectivity index (χ1v) is 12.2. The molecule has 0 saturated heterocycles. The predicted octanol–water partition coefficient (Wildman–Crippen LogP) is 3.68. The second-order valence-electron chi connectivity index (χ2n) is 7.72. The zero-order chi connectivity index (χ0) is 28.7. The van der Waals surface area contributed by atoms with Crippen molar-refractivity contribution in [1.82, 2.24) is 0 Å². The number of benzene rings is 2. The number of rotatable bonds is 13. The number of carbonyl (C=O) groups excluding carboxylic acids is 2. The zero-order valence-electron chi connectivity index (χ0n) is 22.5. The lowest BCUT2D eigenvalue weighted by Crippen LogP contribution is -2.25. The van der Waals surface area contributed by atoms with Crippen molar-refractivity contribution in [3.05, 3.63) is 53.1 Å². The quantitative estimate of drug-likeness (QED) is 0.170. The summed E-state index contributed by atoms with van der Waals surface area (Å²) in [7, 11) is 0. The van der Waals surface area contributed by atoms with Crippen LogP contribution in [0, 0.1) is 5.41 Å². The van der Waals surface area contributed by atoms with E-state index in [-0.39, 0.29) is 25.7 Å². The first-order chi connectivity index (χ1) is 18.1. The van der Waals surface area contributed by atoms with Gasteiger partial charge in [0.1, 0.15) is 17.3 Å². The van der Waals surface area contributed by atoms with Gasteiger partial charge in [-0.25, -0.2) is 9.59 Å². The number of nitrogens with two attached hydrogens (primary N) is 1. The molecule has 0 spiro atoms. The fraction of sp³-hybridized carbons (Fsp3) is 0.407. The van der Waals surface area contributed by atoms with Gasteiger partial charge in [0.25, 0.3) is 5.97 Å². The van der Waals surface area contributed by atoms with Crippen molar-refractivity contribution in [2.75, 3.05) is 31.7 Å². The highest BCUT2D eigenvalue weighted by atomic mass is 16.6. The van der Waals surface area contributed by atoms with Crippen molar-refractivity contribution in [1.29, 1.82) is 5.41 Å². The highest BCUT2D eigenvalue weighted by molar-refractivity contribution is 5.95. The molecule has 0 amide bonds. The summed E-state index contributed by atoms with van der Waals surface area (Å²) in [5.41, 5.74) is 8.09. The molecule has 0 radical (unpaired) electrons. The Morgan fingerprint density at radius 1 is 0.947 bits per heavy atom. The highest BCUT2D eigenvalue weighted by Crippen LogP contribution is 2.36. The van der Waals surface area contributed by atoms with Gasteiger partial charge in [-0.3, -0.25) is 10.2 Å². The van der Waals surface area contributed by atoms with E-state index in [1.807, 2.05) is 19.9 Å². The van der Waals surface area contributed by atoms with Gasteiger partial charge >= 0.3 is 11.9 Å². The van der Waals surface area contributed by atoms with E-state index >= 15 is 0 Å². The molecule has 208 valence electrons. The van der Waals surface area contributed by atoms with Gasteiger partial charge in [-0.1, -0.05) is 6.92 Å². The molecule has 0 saturated carbocycles.